The van der Waals surface area contributed by atoms with Crippen LogP contribution in [0.25, 0.3) is 0 Å². The van der Waals surface area contributed by atoms with Crippen molar-refractivity contribution in [2.24, 2.45) is 0 Å². The molecule has 0 bridgehead atoms. The summed E-state index contributed by atoms with van der Waals surface area (Å²) in [5.41, 5.74) is -1.02. The maximum atomic E-state index is 8.86. The van der Waals surface area contributed by atoms with Crippen LogP contribution < -0.4 is 5.32 Å². The molecule has 2 atom stereocenters. The third-order valence-electron chi connectivity index (χ3n) is 2.40. The summed E-state index contributed by atoms with van der Waals surface area (Å²) in [6.45, 7) is 3.70. The van der Waals surface area contributed by atoms with Crippen molar-refractivity contribution >= 4 is 0 Å². The average molecular weight is 163 g/mol. The number of piperidine rings is 1. The first-order valence-electron chi connectivity index (χ1n) is 4.15. The summed E-state index contributed by atoms with van der Waals surface area (Å²) in [7, 11) is 0. The van der Waals surface area contributed by atoms with E-state index in [2.05, 4.69) is 17.5 Å². The highest BCUT2D eigenvalue weighted by Gasteiger charge is 2.38. The summed E-state index contributed by atoms with van der Waals surface area (Å²) in [6.07, 6.45) is 2.61. The molecular formula is C9H13N3. The van der Waals surface area contributed by atoms with E-state index in [1.54, 1.807) is 0 Å². The standard InChI is InChI=1S/C9H13N3/c1-8(6-10)4-3-5-9(2,7-11)12-8/h12H,3-5H2,1-2H3. The van der Waals surface area contributed by atoms with Crippen LogP contribution >= 0.6 is 0 Å². The van der Waals surface area contributed by atoms with Crippen LogP contribution in [-0.4, -0.2) is 11.1 Å². The third kappa shape index (κ3) is 1.57. The Kier molecular flexibility index (Phi) is 2.08. The minimum Gasteiger partial charge on any atom is -0.282 e. The van der Waals surface area contributed by atoms with Crippen molar-refractivity contribution in [1.29, 1.82) is 10.5 Å². The molecule has 1 rings (SSSR count). The van der Waals surface area contributed by atoms with Crippen molar-refractivity contribution in [3.8, 4) is 12.1 Å². The normalized spacial score (nSPS) is 41.3. The zero-order valence-corrected chi connectivity index (χ0v) is 7.52. The molecule has 0 aromatic carbocycles. The molecule has 0 aromatic heterocycles. The Bertz CT molecular complexity index is 234. The van der Waals surface area contributed by atoms with Crippen LogP contribution in [-0.2, 0) is 0 Å². The molecular weight excluding hydrogens is 150 g/mol. The van der Waals surface area contributed by atoms with Gasteiger partial charge in [-0.05, 0) is 33.1 Å². The first-order chi connectivity index (χ1) is 5.54. The second-order valence-electron chi connectivity index (χ2n) is 3.87. The average Bonchev–Trinajstić information content (AvgIpc) is 2.05. The monoisotopic (exact) mass is 163 g/mol. The third-order valence-corrected chi connectivity index (χ3v) is 2.40. The van der Waals surface area contributed by atoms with Gasteiger partial charge in [-0.2, -0.15) is 10.5 Å². The molecule has 12 heavy (non-hydrogen) atoms. The Morgan fingerprint density at radius 2 is 1.50 bits per heavy atom. The Labute approximate surface area is 73.0 Å². The van der Waals surface area contributed by atoms with Crippen LogP contribution in [0.1, 0.15) is 33.1 Å². The second kappa shape index (κ2) is 2.77. The maximum absolute atomic E-state index is 8.86. The predicted octanol–water partition coefficient (Wildman–Crippen LogP) is 1.32. The molecule has 0 radical (unpaired) electrons. The molecule has 1 fully saturated rings. The van der Waals surface area contributed by atoms with Gasteiger partial charge in [0.25, 0.3) is 0 Å². The summed E-state index contributed by atoms with van der Waals surface area (Å²) in [6, 6.07) is 4.42. The van der Waals surface area contributed by atoms with Gasteiger partial charge in [0.05, 0.1) is 12.1 Å². The summed E-state index contributed by atoms with van der Waals surface area (Å²) in [5, 5.41) is 20.8. The van der Waals surface area contributed by atoms with Crippen LogP contribution in [0.2, 0.25) is 0 Å². The molecule has 2 unspecified atom stereocenters. The van der Waals surface area contributed by atoms with E-state index in [1.165, 1.54) is 0 Å². The van der Waals surface area contributed by atoms with Gasteiger partial charge < -0.3 is 0 Å². The molecule has 0 saturated carbocycles. The van der Waals surface area contributed by atoms with Crippen molar-refractivity contribution in [3.05, 3.63) is 0 Å². The van der Waals surface area contributed by atoms with Gasteiger partial charge in [0.15, 0.2) is 0 Å². The highest BCUT2D eigenvalue weighted by Crippen LogP contribution is 2.27. The van der Waals surface area contributed by atoms with Gasteiger partial charge in [0.2, 0.25) is 0 Å². The van der Waals surface area contributed by atoms with E-state index in [-0.39, 0.29) is 0 Å². The summed E-state index contributed by atoms with van der Waals surface area (Å²) in [5.74, 6) is 0. The fourth-order valence-corrected chi connectivity index (χ4v) is 1.70. The molecule has 1 N–H and O–H groups in total. The van der Waals surface area contributed by atoms with Crippen LogP contribution in [0.4, 0.5) is 0 Å². The Morgan fingerprint density at radius 3 is 1.83 bits per heavy atom. The number of nitriles is 2. The zero-order chi connectivity index (χ0) is 9.24. The van der Waals surface area contributed by atoms with Gasteiger partial charge in [-0.25, -0.2) is 0 Å². The van der Waals surface area contributed by atoms with E-state index in [1.807, 2.05) is 13.8 Å². The number of hydrogen-bond donors (Lipinski definition) is 1. The maximum Gasteiger partial charge on any atom is 0.105 e. The lowest BCUT2D eigenvalue weighted by atomic mass is 9.82. The van der Waals surface area contributed by atoms with Gasteiger partial charge >= 0.3 is 0 Å². The molecule has 0 spiro atoms. The number of hydrogen-bond acceptors (Lipinski definition) is 3. The Morgan fingerprint density at radius 1 is 1.08 bits per heavy atom. The Hall–Kier alpha value is -1.06. The molecule has 1 heterocycles. The summed E-state index contributed by atoms with van der Waals surface area (Å²) in [4.78, 5) is 0. The van der Waals surface area contributed by atoms with Crippen LogP contribution in [0.3, 0.4) is 0 Å². The SMILES string of the molecule is CC1(C#N)CCCC(C)(C#N)N1. The van der Waals surface area contributed by atoms with Crippen molar-refractivity contribution in [2.75, 3.05) is 0 Å². The number of nitrogens with one attached hydrogen (secondary N) is 1. The molecule has 0 aromatic rings. The molecule has 3 nitrogen and oxygen atoms in total. The lowest BCUT2D eigenvalue weighted by molar-refractivity contribution is 0.241. The largest absolute Gasteiger partial charge is 0.282 e. The molecule has 1 saturated heterocycles. The van der Waals surface area contributed by atoms with Gasteiger partial charge in [-0.1, -0.05) is 0 Å². The topological polar surface area (TPSA) is 59.6 Å². The lowest BCUT2D eigenvalue weighted by Crippen LogP contribution is -2.57. The van der Waals surface area contributed by atoms with Gasteiger partial charge in [-0.15, -0.1) is 0 Å². The zero-order valence-electron chi connectivity index (χ0n) is 7.52. The minimum atomic E-state index is -0.511. The second-order valence-corrected chi connectivity index (χ2v) is 3.87. The van der Waals surface area contributed by atoms with E-state index in [4.69, 9.17) is 10.5 Å². The Balaban J connectivity index is 2.79. The number of nitrogens with zero attached hydrogens (tertiary/aromatic N) is 2. The van der Waals surface area contributed by atoms with E-state index in [0.717, 1.165) is 19.3 Å². The van der Waals surface area contributed by atoms with Gasteiger partial charge in [-0.3, -0.25) is 5.32 Å². The van der Waals surface area contributed by atoms with Crippen molar-refractivity contribution in [3.63, 3.8) is 0 Å². The highest BCUT2D eigenvalue weighted by atomic mass is 15.1. The van der Waals surface area contributed by atoms with Gasteiger partial charge in [0, 0.05) is 0 Å². The molecule has 64 valence electrons. The van der Waals surface area contributed by atoms with Crippen molar-refractivity contribution in [2.45, 2.75) is 44.2 Å². The molecule has 0 aliphatic carbocycles. The first kappa shape index (κ1) is 9.03. The van der Waals surface area contributed by atoms with Crippen LogP contribution in [0.15, 0.2) is 0 Å². The van der Waals surface area contributed by atoms with Crippen molar-refractivity contribution in [1.82, 2.24) is 5.32 Å². The number of rotatable bonds is 0. The van der Waals surface area contributed by atoms with Crippen molar-refractivity contribution < 1.29 is 0 Å². The minimum absolute atomic E-state index is 0.511. The van der Waals surface area contributed by atoms with E-state index >= 15 is 0 Å². The fourth-order valence-electron chi connectivity index (χ4n) is 1.70. The summed E-state index contributed by atoms with van der Waals surface area (Å²) >= 11 is 0. The molecule has 3 heteroatoms. The quantitative estimate of drug-likeness (QED) is 0.586. The smallest absolute Gasteiger partial charge is 0.105 e. The van der Waals surface area contributed by atoms with E-state index in [0.29, 0.717) is 0 Å². The highest BCUT2D eigenvalue weighted by molar-refractivity contribution is 5.16. The lowest BCUT2D eigenvalue weighted by Gasteiger charge is -2.38. The van der Waals surface area contributed by atoms with Crippen LogP contribution in [0, 0.1) is 22.7 Å². The van der Waals surface area contributed by atoms with Gasteiger partial charge in [0.1, 0.15) is 11.1 Å². The summed E-state index contributed by atoms with van der Waals surface area (Å²) < 4.78 is 0. The van der Waals surface area contributed by atoms with Crippen LogP contribution in [0.5, 0.6) is 0 Å². The molecule has 1 aliphatic heterocycles. The molecule has 0 amide bonds. The fraction of sp³-hybridized carbons (Fsp3) is 0.778. The first-order valence-corrected chi connectivity index (χ1v) is 4.15. The van der Waals surface area contributed by atoms with E-state index < -0.39 is 11.1 Å². The van der Waals surface area contributed by atoms with E-state index in [9.17, 15) is 0 Å². The molecule has 1 aliphatic rings. The predicted molar refractivity (Wildman–Crippen MR) is 45.0 cm³/mol.